The average molecular weight is 374 g/mol. The van der Waals surface area contributed by atoms with Crippen LogP contribution in [-0.2, 0) is 4.74 Å². The minimum atomic E-state index is -0.581. The molecule has 1 aliphatic rings. The van der Waals surface area contributed by atoms with Gasteiger partial charge in [0.15, 0.2) is 0 Å². The van der Waals surface area contributed by atoms with Crippen LogP contribution in [0.3, 0.4) is 0 Å². The number of nitrogens with zero attached hydrogens (tertiary/aromatic N) is 1. The maximum atomic E-state index is 12.5. The quantitative estimate of drug-likeness (QED) is 0.793. The fourth-order valence-electron chi connectivity index (χ4n) is 2.09. The summed E-state index contributed by atoms with van der Waals surface area (Å²) in [4.78, 5) is 25.7. The number of primary amides is 1. The second-order valence-electron chi connectivity index (χ2n) is 4.48. The topological polar surface area (TPSA) is 72.6 Å². The molecule has 19 heavy (non-hydrogen) atoms. The second kappa shape index (κ2) is 5.87. The number of hydrogen-bond donors (Lipinski definition) is 1. The molecule has 0 spiro atoms. The number of benzene rings is 1. The molecule has 1 heterocycles. The third-order valence-corrected chi connectivity index (χ3v) is 3.78. The first kappa shape index (κ1) is 14.3. The van der Waals surface area contributed by atoms with Crippen LogP contribution in [0.1, 0.15) is 27.6 Å². The lowest BCUT2D eigenvalue weighted by Gasteiger charge is -2.33. The molecule has 0 saturated carbocycles. The highest BCUT2D eigenvalue weighted by atomic mass is 127. The molecule has 2 N–H and O–H groups in total. The first-order chi connectivity index (χ1) is 9.00. The molecule has 2 rings (SSSR count). The lowest BCUT2D eigenvalue weighted by molar-refractivity contribution is 0.00353. The van der Waals surface area contributed by atoms with Crippen LogP contribution in [0.4, 0.5) is 0 Å². The van der Waals surface area contributed by atoms with Crippen molar-refractivity contribution in [2.75, 3.05) is 19.8 Å². The van der Waals surface area contributed by atoms with Crippen LogP contribution in [0.2, 0.25) is 0 Å². The summed E-state index contributed by atoms with van der Waals surface area (Å²) in [6, 6.07) is 5.10. The number of morpholine rings is 1. The van der Waals surface area contributed by atoms with E-state index in [-0.39, 0.29) is 17.5 Å². The van der Waals surface area contributed by atoms with Crippen molar-refractivity contribution in [3.8, 4) is 0 Å². The van der Waals surface area contributed by atoms with Gasteiger partial charge in [0.25, 0.3) is 5.91 Å². The third kappa shape index (κ3) is 3.06. The zero-order valence-electron chi connectivity index (χ0n) is 10.6. The Bertz CT molecular complexity index is 519. The number of ether oxygens (including phenoxy) is 1. The molecule has 1 atom stereocenters. The minimum Gasteiger partial charge on any atom is -0.377 e. The molecule has 0 aromatic heterocycles. The van der Waals surface area contributed by atoms with E-state index in [0.717, 1.165) is 3.57 Å². The Kier molecular flexibility index (Phi) is 4.41. The standard InChI is InChI=1S/C13H15IN2O3/c1-8-7-19-5-4-16(8)13(18)10-3-2-9(14)6-11(10)12(15)17/h2-3,6,8H,4-5,7H2,1H3,(H2,15,17)/t8-/m1/s1. The molecular formula is C13H15IN2O3. The van der Waals surface area contributed by atoms with Crippen molar-refractivity contribution in [1.82, 2.24) is 4.90 Å². The van der Waals surface area contributed by atoms with Crippen molar-refractivity contribution < 1.29 is 14.3 Å². The third-order valence-electron chi connectivity index (χ3n) is 3.11. The van der Waals surface area contributed by atoms with E-state index < -0.39 is 5.91 Å². The summed E-state index contributed by atoms with van der Waals surface area (Å²) in [5.74, 6) is -0.747. The number of amides is 2. The van der Waals surface area contributed by atoms with Crippen LogP contribution in [0.25, 0.3) is 0 Å². The first-order valence-electron chi connectivity index (χ1n) is 5.98. The molecule has 1 fully saturated rings. The largest absolute Gasteiger partial charge is 0.377 e. The van der Waals surface area contributed by atoms with E-state index in [1.54, 1.807) is 23.1 Å². The number of carbonyl (C=O) groups is 2. The molecule has 1 aliphatic heterocycles. The Morgan fingerprint density at radius 2 is 2.16 bits per heavy atom. The van der Waals surface area contributed by atoms with Gasteiger partial charge in [0.1, 0.15) is 0 Å². The van der Waals surface area contributed by atoms with Crippen molar-refractivity contribution in [3.63, 3.8) is 0 Å². The van der Waals surface area contributed by atoms with Crippen LogP contribution in [-0.4, -0.2) is 42.5 Å². The highest BCUT2D eigenvalue weighted by molar-refractivity contribution is 14.1. The Labute approximate surface area is 125 Å². The van der Waals surface area contributed by atoms with E-state index in [1.807, 2.05) is 6.92 Å². The van der Waals surface area contributed by atoms with Gasteiger partial charge in [-0.15, -0.1) is 0 Å². The van der Waals surface area contributed by atoms with E-state index in [4.69, 9.17) is 10.5 Å². The van der Waals surface area contributed by atoms with Crippen molar-refractivity contribution in [2.45, 2.75) is 13.0 Å². The van der Waals surface area contributed by atoms with E-state index in [9.17, 15) is 9.59 Å². The molecule has 1 aromatic rings. The molecule has 102 valence electrons. The van der Waals surface area contributed by atoms with Gasteiger partial charge in [-0.25, -0.2) is 0 Å². The molecule has 2 amide bonds. The number of nitrogens with two attached hydrogens (primary N) is 1. The highest BCUT2D eigenvalue weighted by Crippen LogP contribution is 2.18. The van der Waals surface area contributed by atoms with Gasteiger partial charge >= 0.3 is 0 Å². The van der Waals surface area contributed by atoms with E-state index >= 15 is 0 Å². The number of halogens is 1. The lowest BCUT2D eigenvalue weighted by atomic mass is 10.0. The van der Waals surface area contributed by atoms with Gasteiger partial charge in [0, 0.05) is 10.1 Å². The fraction of sp³-hybridized carbons (Fsp3) is 0.385. The van der Waals surface area contributed by atoms with Crippen molar-refractivity contribution in [3.05, 3.63) is 32.9 Å². The van der Waals surface area contributed by atoms with E-state index in [0.29, 0.717) is 25.3 Å². The number of hydrogen-bond acceptors (Lipinski definition) is 3. The van der Waals surface area contributed by atoms with Gasteiger partial charge in [-0.2, -0.15) is 0 Å². The van der Waals surface area contributed by atoms with Crippen LogP contribution < -0.4 is 5.73 Å². The normalized spacial score (nSPS) is 19.3. The maximum absolute atomic E-state index is 12.5. The summed E-state index contributed by atoms with van der Waals surface area (Å²) < 4.78 is 6.18. The second-order valence-corrected chi connectivity index (χ2v) is 5.72. The average Bonchev–Trinajstić information content (AvgIpc) is 2.38. The minimum absolute atomic E-state index is 0.00116. The van der Waals surface area contributed by atoms with Gasteiger partial charge in [-0.3, -0.25) is 9.59 Å². The van der Waals surface area contributed by atoms with Gasteiger partial charge < -0.3 is 15.4 Å². The Morgan fingerprint density at radius 1 is 1.42 bits per heavy atom. The van der Waals surface area contributed by atoms with Crippen molar-refractivity contribution >= 4 is 34.4 Å². The van der Waals surface area contributed by atoms with Crippen LogP contribution in [0, 0.1) is 3.57 Å². The summed E-state index contributed by atoms with van der Waals surface area (Å²) >= 11 is 2.08. The predicted molar refractivity (Wildman–Crippen MR) is 79.0 cm³/mol. The first-order valence-corrected chi connectivity index (χ1v) is 7.06. The van der Waals surface area contributed by atoms with Crippen LogP contribution >= 0.6 is 22.6 Å². The fourth-order valence-corrected chi connectivity index (χ4v) is 2.58. The molecule has 0 aliphatic carbocycles. The molecule has 1 aromatic carbocycles. The monoisotopic (exact) mass is 374 g/mol. The van der Waals surface area contributed by atoms with Gasteiger partial charge in [-0.1, -0.05) is 0 Å². The lowest BCUT2D eigenvalue weighted by Crippen LogP contribution is -2.47. The number of carbonyl (C=O) groups excluding carboxylic acids is 2. The van der Waals surface area contributed by atoms with E-state index in [1.165, 1.54) is 0 Å². The summed E-state index contributed by atoms with van der Waals surface area (Å²) in [6.45, 7) is 3.49. The Hall–Kier alpha value is -1.15. The van der Waals surface area contributed by atoms with Crippen molar-refractivity contribution in [2.24, 2.45) is 5.73 Å². The van der Waals surface area contributed by atoms with Gasteiger partial charge in [-0.05, 0) is 47.7 Å². The molecule has 1 saturated heterocycles. The molecule has 0 radical (unpaired) electrons. The number of rotatable bonds is 2. The molecule has 5 nitrogen and oxygen atoms in total. The Balaban J connectivity index is 2.35. The summed E-state index contributed by atoms with van der Waals surface area (Å²) in [6.07, 6.45) is 0. The summed E-state index contributed by atoms with van der Waals surface area (Å²) in [5.41, 5.74) is 5.98. The predicted octanol–water partition coefficient (Wildman–Crippen LogP) is 1.25. The van der Waals surface area contributed by atoms with Gasteiger partial charge in [0.2, 0.25) is 5.91 Å². The van der Waals surface area contributed by atoms with Gasteiger partial charge in [0.05, 0.1) is 30.4 Å². The maximum Gasteiger partial charge on any atom is 0.255 e. The van der Waals surface area contributed by atoms with Crippen LogP contribution in [0.5, 0.6) is 0 Å². The smallest absolute Gasteiger partial charge is 0.255 e. The Morgan fingerprint density at radius 3 is 2.79 bits per heavy atom. The molecule has 0 unspecified atom stereocenters. The van der Waals surface area contributed by atoms with Crippen molar-refractivity contribution in [1.29, 1.82) is 0 Å². The SMILES string of the molecule is C[C@@H]1COCCN1C(=O)c1ccc(I)cc1C(N)=O. The molecule has 0 bridgehead atoms. The van der Waals surface area contributed by atoms with Crippen LogP contribution in [0.15, 0.2) is 18.2 Å². The summed E-state index contributed by atoms with van der Waals surface area (Å²) in [7, 11) is 0. The van der Waals surface area contributed by atoms with E-state index in [2.05, 4.69) is 22.6 Å². The molecule has 6 heteroatoms. The summed E-state index contributed by atoms with van der Waals surface area (Å²) in [5, 5.41) is 0. The zero-order chi connectivity index (χ0) is 14.0. The zero-order valence-corrected chi connectivity index (χ0v) is 12.7. The highest BCUT2D eigenvalue weighted by Gasteiger charge is 2.27. The molecular weight excluding hydrogens is 359 g/mol.